The summed E-state index contributed by atoms with van der Waals surface area (Å²) in [4.78, 5) is 11.4. The van der Waals surface area contributed by atoms with Crippen LogP contribution in [0, 0.1) is 0 Å². The van der Waals surface area contributed by atoms with E-state index in [0.29, 0.717) is 17.5 Å². The topological polar surface area (TPSA) is 95.1 Å². The maximum absolute atomic E-state index is 12.1. The van der Waals surface area contributed by atoms with Crippen molar-refractivity contribution in [1.29, 1.82) is 0 Å². The normalized spacial score (nSPS) is 11.6. The Morgan fingerprint density at radius 1 is 1.30 bits per heavy atom. The van der Waals surface area contributed by atoms with Gasteiger partial charge in [0.15, 0.2) is 5.82 Å². The zero-order valence-corrected chi connectivity index (χ0v) is 15.6. The summed E-state index contributed by atoms with van der Waals surface area (Å²) in [6.45, 7) is 2.87. The average molecular weight is 403 g/mol. The highest BCUT2D eigenvalue weighted by molar-refractivity contribution is 7.99. The fraction of sp³-hybridized carbons (Fsp3) is 0.438. The van der Waals surface area contributed by atoms with Gasteiger partial charge in [-0.15, -0.1) is 10.2 Å². The van der Waals surface area contributed by atoms with Gasteiger partial charge in [0.25, 0.3) is 0 Å². The number of alkyl halides is 3. The maximum Gasteiger partial charge on any atom is 0.405 e. The summed E-state index contributed by atoms with van der Waals surface area (Å²) in [5.74, 6) is 6.18. The highest BCUT2D eigenvalue weighted by Gasteiger charge is 2.27. The zero-order chi connectivity index (χ0) is 20.0. The van der Waals surface area contributed by atoms with Crippen LogP contribution in [0.5, 0.6) is 5.75 Å². The molecule has 148 valence electrons. The monoisotopic (exact) mass is 403 g/mol. The van der Waals surface area contributed by atoms with E-state index in [9.17, 15) is 18.0 Å². The van der Waals surface area contributed by atoms with Crippen LogP contribution in [0.25, 0.3) is 0 Å². The highest BCUT2D eigenvalue weighted by Crippen LogP contribution is 2.20. The Bertz CT molecular complexity index is 762. The molecule has 1 aromatic carbocycles. The van der Waals surface area contributed by atoms with Crippen molar-refractivity contribution in [3.63, 3.8) is 0 Å². The van der Waals surface area contributed by atoms with Crippen LogP contribution in [-0.2, 0) is 11.4 Å². The second-order valence-electron chi connectivity index (χ2n) is 5.96. The van der Waals surface area contributed by atoms with E-state index < -0.39 is 18.6 Å². The second-order valence-corrected chi connectivity index (χ2v) is 6.90. The van der Waals surface area contributed by atoms with Crippen molar-refractivity contribution in [2.45, 2.75) is 37.7 Å². The van der Waals surface area contributed by atoms with E-state index in [-0.39, 0.29) is 17.5 Å². The van der Waals surface area contributed by atoms with E-state index in [1.807, 2.05) is 24.3 Å². The van der Waals surface area contributed by atoms with Gasteiger partial charge in [-0.2, -0.15) is 13.2 Å². The standard InChI is InChI=1S/C16H20F3N5O2S/c1-10(2)11-3-5-12(6-4-11)26-7-13-22-23-15(24(13)20)27-8-14(25)21-9-16(17,18)19/h3-6,10H,7-9,20H2,1-2H3,(H,21,25). The molecule has 1 heterocycles. The lowest BCUT2D eigenvalue weighted by Crippen LogP contribution is -2.34. The van der Waals surface area contributed by atoms with E-state index in [0.717, 1.165) is 16.4 Å². The van der Waals surface area contributed by atoms with Crippen LogP contribution in [0.2, 0.25) is 0 Å². The van der Waals surface area contributed by atoms with E-state index in [1.165, 1.54) is 5.56 Å². The van der Waals surface area contributed by atoms with E-state index in [4.69, 9.17) is 10.6 Å². The predicted octanol–water partition coefficient (Wildman–Crippen LogP) is 2.46. The average Bonchev–Trinajstić information content (AvgIpc) is 2.96. The highest BCUT2D eigenvalue weighted by atomic mass is 32.2. The minimum absolute atomic E-state index is 0.0609. The Kier molecular flexibility index (Phi) is 6.94. The van der Waals surface area contributed by atoms with E-state index in [1.54, 1.807) is 5.32 Å². The molecule has 0 radical (unpaired) electrons. The molecule has 0 saturated carbocycles. The van der Waals surface area contributed by atoms with Crippen molar-refractivity contribution in [1.82, 2.24) is 20.2 Å². The lowest BCUT2D eigenvalue weighted by atomic mass is 10.0. The number of amides is 1. The summed E-state index contributed by atoms with van der Waals surface area (Å²) in [6.07, 6.45) is -4.45. The molecule has 0 unspecified atom stereocenters. The van der Waals surface area contributed by atoms with Crippen LogP contribution in [0.3, 0.4) is 0 Å². The molecule has 1 aromatic heterocycles. The summed E-state index contributed by atoms with van der Waals surface area (Å²) in [7, 11) is 0. The molecule has 0 aliphatic carbocycles. The second kappa shape index (κ2) is 8.98. The fourth-order valence-electron chi connectivity index (χ4n) is 1.98. The molecule has 7 nitrogen and oxygen atoms in total. The fourth-order valence-corrected chi connectivity index (χ4v) is 2.69. The number of hydrogen-bond acceptors (Lipinski definition) is 6. The molecule has 2 aromatic rings. The van der Waals surface area contributed by atoms with Crippen molar-refractivity contribution in [2.75, 3.05) is 18.1 Å². The molecule has 0 atom stereocenters. The first-order valence-electron chi connectivity index (χ1n) is 8.04. The molecule has 0 bridgehead atoms. The third-order valence-corrected chi connectivity index (χ3v) is 4.41. The first-order chi connectivity index (χ1) is 12.7. The van der Waals surface area contributed by atoms with Gasteiger partial charge in [-0.05, 0) is 23.6 Å². The number of nitrogens with zero attached hydrogens (tertiary/aromatic N) is 3. The number of carbonyl (C=O) groups is 1. The van der Waals surface area contributed by atoms with Gasteiger partial charge >= 0.3 is 6.18 Å². The van der Waals surface area contributed by atoms with Crippen molar-refractivity contribution in [3.05, 3.63) is 35.7 Å². The van der Waals surface area contributed by atoms with Gasteiger partial charge in [0, 0.05) is 0 Å². The summed E-state index contributed by atoms with van der Waals surface area (Å²) in [5.41, 5.74) is 1.19. The Morgan fingerprint density at radius 2 is 1.96 bits per heavy atom. The van der Waals surface area contributed by atoms with Gasteiger partial charge in [-0.25, -0.2) is 4.68 Å². The van der Waals surface area contributed by atoms with Gasteiger partial charge in [-0.3, -0.25) is 4.79 Å². The molecular weight excluding hydrogens is 383 g/mol. The number of carbonyl (C=O) groups excluding carboxylic acids is 1. The number of rotatable bonds is 8. The number of aromatic nitrogens is 3. The molecule has 0 aliphatic heterocycles. The summed E-state index contributed by atoms with van der Waals surface area (Å²) in [6, 6.07) is 7.61. The number of halogens is 3. The molecule has 2 rings (SSSR count). The Morgan fingerprint density at radius 3 is 2.56 bits per heavy atom. The minimum Gasteiger partial charge on any atom is -0.486 e. The van der Waals surface area contributed by atoms with Crippen LogP contribution >= 0.6 is 11.8 Å². The van der Waals surface area contributed by atoms with Crippen LogP contribution in [0.15, 0.2) is 29.4 Å². The summed E-state index contributed by atoms with van der Waals surface area (Å²) >= 11 is 0.883. The lowest BCUT2D eigenvalue weighted by Gasteiger charge is -2.09. The van der Waals surface area contributed by atoms with Gasteiger partial charge in [-0.1, -0.05) is 37.7 Å². The zero-order valence-electron chi connectivity index (χ0n) is 14.8. The Hall–Kier alpha value is -2.43. The molecule has 3 N–H and O–H groups in total. The third kappa shape index (κ3) is 6.66. The van der Waals surface area contributed by atoms with Crippen LogP contribution in [-0.4, -0.2) is 39.3 Å². The van der Waals surface area contributed by atoms with E-state index in [2.05, 4.69) is 24.0 Å². The van der Waals surface area contributed by atoms with E-state index >= 15 is 0 Å². The minimum atomic E-state index is -4.45. The SMILES string of the molecule is CC(C)c1ccc(OCc2nnc(SCC(=O)NCC(F)(F)F)n2N)cc1. The Labute approximate surface area is 158 Å². The van der Waals surface area contributed by atoms with Crippen molar-refractivity contribution in [2.24, 2.45) is 0 Å². The number of nitrogens with two attached hydrogens (primary N) is 1. The predicted molar refractivity (Wildman–Crippen MR) is 94.8 cm³/mol. The molecule has 27 heavy (non-hydrogen) atoms. The lowest BCUT2D eigenvalue weighted by molar-refractivity contribution is -0.136. The molecule has 11 heteroatoms. The van der Waals surface area contributed by atoms with Crippen molar-refractivity contribution in [3.8, 4) is 5.75 Å². The smallest absolute Gasteiger partial charge is 0.405 e. The van der Waals surface area contributed by atoms with Gasteiger partial charge in [0.1, 0.15) is 18.9 Å². The van der Waals surface area contributed by atoms with Gasteiger partial charge in [0.05, 0.1) is 5.75 Å². The van der Waals surface area contributed by atoms with Gasteiger partial charge < -0.3 is 15.9 Å². The molecule has 0 fully saturated rings. The van der Waals surface area contributed by atoms with Crippen molar-refractivity contribution >= 4 is 17.7 Å². The molecular formula is C16H20F3N5O2S. The number of thioether (sulfide) groups is 1. The van der Waals surface area contributed by atoms with Gasteiger partial charge in [0.2, 0.25) is 11.1 Å². The number of nitrogens with one attached hydrogen (secondary N) is 1. The number of hydrogen-bond donors (Lipinski definition) is 2. The largest absolute Gasteiger partial charge is 0.486 e. The number of nitrogen functional groups attached to an aromatic ring is 1. The first-order valence-corrected chi connectivity index (χ1v) is 9.02. The molecule has 1 amide bonds. The molecule has 0 saturated heterocycles. The van der Waals surface area contributed by atoms with Crippen molar-refractivity contribution < 1.29 is 22.7 Å². The Balaban J connectivity index is 1.84. The quantitative estimate of drug-likeness (QED) is 0.519. The number of ether oxygens (including phenoxy) is 1. The first kappa shape index (κ1) is 20.9. The summed E-state index contributed by atoms with van der Waals surface area (Å²) < 4.78 is 42.9. The number of benzene rings is 1. The van der Waals surface area contributed by atoms with Crippen LogP contribution in [0.1, 0.15) is 31.2 Å². The molecule has 0 spiro atoms. The van der Waals surface area contributed by atoms with Crippen LogP contribution < -0.4 is 15.9 Å². The third-order valence-electron chi connectivity index (χ3n) is 3.47. The van der Waals surface area contributed by atoms with Crippen LogP contribution in [0.4, 0.5) is 13.2 Å². The summed E-state index contributed by atoms with van der Waals surface area (Å²) in [5, 5.41) is 9.66. The maximum atomic E-state index is 12.1. The molecule has 0 aliphatic rings.